The number of sulfone groups is 1. The highest BCUT2D eigenvalue weighted by molar-refractivity contribution is 14.1. The summed E-state index contributed by atoms with van der Waals surface area (Å²) < 4.78 is 97.2. The minimum Gasteiger partial charge on any atom is -0.486 e. The molecule has 1 aliphatic rings. The summed E-state index contributed by atoms with van der Waals surface area (Å²) in [5, 5.41) is 0. The van der Waals surface area contributed by atoms with E-state index in [0.717, 1.165) is 22.5 Å². The van der Waals surface area contributed by atoms with Crippen LogP contribution in [0.1, 0.15) is 18.9 Å². The third-order valence-electron chi connectivity index (χ3n) is 4.79. The molecule has 2 aromatic rings. The second-order valence-electron chi connectivity index (χ2n) is 6.94. The summed E-state index contributed by atoms with van der Waals surface area (Å²) >= 11 is 1.99. The fourth-order valence-corrected chi connectivity index (χ4v) is 6.01. The number of hydrogen-bond donors (Lipinski definition) is 0. The van der Waals surface area contributed by atoms with Crippen LogP contribution in [0.4, 0.5) is 18.9 Å². The van der Waals surface area contributed by atoms with E-state index >= 15 is 0 Å². The number of ether oxygens (including phenoxy) is 1. The van der Waals surface area contributed by atoms with Crippen molar-refractivity contribution in [1.29, 1.82) is 0 Å². The number of benzene rings is 2. The number of anilines is 1. The number of halogens is 4. The molecule has 0 radical (unpaired) electrons. The van der Waals surface area contributed by atoms with E-state index in [1.54, 1.807) is 18.2 Å². The Kier molecular flexibility index (Phi) is 6.82. The summed E-state index contributed by atoms with van der Waals surface area (Å²) in [5.74, 6) is -0.0207. The standard InChI is InChI=1S/C19H19F3INO5S2/c1-2-30(25,26)9-8-15-12-24(17-11-14(23)6-7-18(17)29-15)31(27,28)16-5-3-4-13(10-16)19(20,21)22/h3-7,10-11,15H,2,8-9,12H2,1H3/t15-/m0/s1. The molecular formula is C19H19F3INO5S2. The molecule has 31 heavy (non-hydrogen) atoms. The van der Waals surface area contributed by atoms with Crippen molar-refractivity contribution in [3.8, 4) is 5.75 Å². The van der Waals surface area contributed by atoms with Gasteiger partial charge < -0.3 is 4.74 Å². The SMILES string of the molecule is CCS(=O)(=O)CC[C@H]1CN(S(=O)(=O)c2cccc(C(F)(F)F)c2)c2cc(I)ccc2O1. The van der Waals surface area contributed by atoms with E-state index in [4.69, 9.17) is 4.74 Å². The van der Waals surface area contributed by atoms with Crippen molar-refractivity contribution in [1.82, 2.24) is 0 Å². The van der Waals surface area contributed by atoms with Crippen molar-refractivity contribution in [2.75, 3.05) is 22.4 Å². The van der Waals surface area contributed by atoms with Crippen LogP contribution in [-0.2, 0) is 26.0 Å². The Morgan fingerprint density at radius 2 is 1.84 bits per heavy atom. The van der Waals surface area contributed by atoms with Crippen molar-refractivity contribution in [3.05, 3.63) is 51.6 Å². The van der Waals surface area contributed by atoms with Crippen LogP contribution in [0.5, 0.6) is 5.75 Å². The van der Waals surface area contributed by atoms with Crippen molar-refractivity contribution in [2.45, 2.75) is 30.5 Å². The molecule has 1 atom stereocenters. The van der Waals surface area contributed by atoms with Gasteiger partial charge in [0.2, 0.25) is 0 Å². The van der Waals surface area contributed by atoms with Crippen molar-refractivity contribution < 1.29 is 34.7 Å². The van der Waals surface area contributed by atoms with E-state index in [-0.39, 0.29) is 35.9 Å². The Morgan fingerprint density at radius 1 is 1.13 bits per heavy atom. The molecule has 0 aromatic heterocycles. The van der Waals surface area contributed by atoms with Gasteiger partial charge >= 0.3 is 6.18 Å². The van der Waals surface area contributed by atoms with Gasteiger partial charge in [-0.15, -0.1) is 0 Å². The number of nitrogens with zero attached hydrogens (tertiary/aromatic N) is 1. The molecule has 0 spiro atoms. The monoisotopic (exact) mass is 589 g/mol. The molecule has 0 bridgehead atoms. The van der Waals surface area contributed by atoms with Crippen LogP contribution in [0.2, 0.25) is 0 Å². The van der Waals surface area contributed by atoms with Gasteiger partial charge in [0.1, 0.15) is 21.7 Å². The zero-order valence-electron chi connectivity index (χ0n) is 16.3. The van der Waals surface area contributed by atoms with Crippen molar-refractivity contribution in [2.24, 2.45) is 0 Å². The summed E-state index contributed by atoms with van der Waals surface area (Å²) in [5.41, 5.74) is -0.880. The lowest BCUT2D eigenvalue weighted by Crippen LogP contribution is -2.44. The second kappa shape index (κ2) is 8.77. The minimum absolute atomic E-state index is 0.0518. The molecule has 0 amide bonds. The molecule has 0 aliphatic carbocycles. The quantitative estimate of drug-likeness (QED) is 0.475. The van der Waals surface area contributed by atoms with Gasteiger partial charge in [0, 0.05) is 9.32 Å². The third-order valence-corrected chi connectivity index (χ3v) is 8.98. The number of fused-ring (bicyclic) bond motifs is 1. The topological polar surface area (TPSA) is 80.8 Å². The first-order valence-electron chi connectivity index (χ1n) is 9.20. The summed E-state index contributed by atoms with van der Waals surface area (Å²) in [6, 6.07) is 8.34. The average molecular weight is 589 g/mol. The Bertz CT molecular complexity index is 1180. The number of sulfonamides is 1. The Morgan fingerprint density at radius 3 is 2.48 bits per heavy atom. The first-order valence-corrected chi connectivity index (χ1v) is 13.5. The molecule has 12 heteroatoms. The van der Waals surface area contributed by atoms with Crippen LogP contribution in [0.15, 0.2) is 47.4 Å². The molecule has 170 valence electrons. The summed E-state index contributed by atoms with van der Waals surface area (Å²) in [7, 11) is -7.67. The smallest absolute Gasteiger partial charge is 0.416 e. The normalized spacial score (nSPS) is 17.2. The van der Waals surface area contributed by atoms with Gasteiger partial charge in [-0.05, 0) is 65.4 Å². The van der Waals surface area contributed by atoms with Gasteiger partial charge in [-0.3, -0.25) is 4.31 Å². The molecule has 1 aliphatic heterocycles. The Balaban J connectivity index is 2.02. The first kappa shape index (κ1) is 24.1. The van der Waals surface area contributed by atoms with E-state index in [2.05, 4.69) is 0 Å². The Labute approximate surface area is 192 Å². The summed E-state index contributed by atoms with van der Waals surface area (Å²) in [4.78, 5) is -0.506. The zero-order chi connectivity index (χ0) is 23.0. The Hall–Kier alpha value is -1.54. The highest BCUT2D eigenvalue weighted by atomic mass is 127. The van der Waals surface area contributed by atoms with Gasteiger partial charge in [-0.1, -0.05) is 13.0 Å². The molecule has 0 saturated carbocycles. The van der Waals surface area contributed by atoms with Crippen LogP contribution in [0.25, 0.3) is 0 Å². The lowest BCUT2D eigenvalue weighted by Gasteiger charge is -2.35. The van der Waals surface area contributed by atoms with E-state index < -0.39 is 42.6 Å². The first-order chi connectivity index (χ1) is 14.3. The molecule has 6 nitrogen and oxygen atoms in total. The van der Waals surface area contributed by atoms with E-state index in [9.17, 15) is 30.0 Å². The fraction of sp³-hybridized carbons (Fsp3) is 0.368. The maximum atomic E-state index is 13.3. The molecule has 0 N–H and O–H groups in total. The lowest BCUT2D eigenvalue weighted by atomic mass is 10.2. The second-order valence-corrected chi connectivity index (χ2v) is 12.5. The van der Waals surface area contributed by atoms with Crippen LogP contribution >= 0.6 is 22.6 Å². The van der Waals surface area contributed by atoms with Crippen LogP contribution < -0.4 is 9.04 Å². The van der Waals surface area contributed by atoms with Gasteiger partial charge in [-0.2, -0.15) is 13.2 Å². The number of rotatable bonds is 6. The maximum Gasteiger partial charge on any atom is 0.416 e. The van der Waals surface area contributed by atoms with E-state index in [1.165, 1.54) is 6.92 Å². The maximum absolute atomic E-state index is 13.3. The molecule has 1 heterocycles. The third kappa shape index (κ3) is 5.45. The van der Waals surface area contributed by atoms with Crippen molar-refractivity contribution in [3.63, 3.8) is 0 Å². The van der Waals surface area contributed by atoms with E-state index in [1.807, 2.05) is 22.6 Å². The molecule has 0 fully saturated rings. The predicted molar refractivity (Wildman–Crippen MR) is 118 cm³/mol. The fourth-order valence-electron chi connectivity index (χ4n) is 3.08. The van der Waals surface area contributed by atoms with Gasteiger partial charge in [0.15, 0.2) is 0 Å². The minimum atomic E-state index is -4.69. The van der Waals surface area contributed by atoms with Crippen LogP contribution in [0.3, 0.4) is 0 Å². The molecule has 2 aromatic carbocycles. The van der Waals surface area contributed by atoms with Crippen LogP contribution in [-0.4, -0.2) is 41.0 Å². The van der Waals surface area contributed by atoms with Crippen molar-refractivity contribution >= 4 is 48.1 Å². The van der Waals surface area contributed by atoms with Gasteiger partial charge in [0.25, 0.3) is 10.0 Å². The van der Waals surface area contributed by atoms with E-state index in [0.29, 0.717) is 9.64 Å². The van der Waals surface area contributed by atoms with Gasteiger partial charge in [0.05, 0.1) is 28.4 Å². The lowest BCUT2D eigenvalue weighted by molar-refractivity contribution is -0.137. The van der Waals surface area contributed by atoms with Crippen LogP contribution in [0, 0.1) is 3.57 Å². The molecule has 0 saturated heterocycles. The predicted octanol–water partition coefficient (Wildman–Crippen LogP) is 4.09. The van der Waals surface area contributed by atoms with Gasteiger partial charge in [-0.25, -0.2) is 16.8 Å². The highest BCUT2D eigenvalue weighted by Crippen LogP contribution is 2.39. The highest BCUT2D eigenvalue weighted by Gasteiger charge is 2.37. The molecule has 0 unspecified atom stereocenters. The largest absolute Gasteiger partial charge is 0.486 e. The number of alkyl halides is 3. The summed E-state index contributed by atoms with van der Waals surface area (Å²) in [6.07, 6.45) is -5.41. The zero-order valence-corrected chi connectivity index (χ0v) is 20.1. The average Bonchev–Trinajstić information content (AvgIpc) is 2.71. The molecule has 3 rings (SSSR count). The summed E-state index contributed by atoms with van der Waals surface area (Å²) in [6.45, 7) is 1.30. The number of hydrogen-bond acceptors (Lipinski definition) is 5. The molecular weight excluding hydrogens is 570 g/mol.